The second-order valence-electron chi connectivity index (χ2n) is 5.68. The van der Waals surface area contributed by atoms with Crippen LogP contribution in [0.15, 0.2) is 85.0 Å². The molecule has 0 amide bonds. The fourth-order valence-electron chi connectivity index (χ4n) is 2.05. The monoisotopic (exact) mass is 396 g/mol. The molecular weight excluding hydrogens is 376 g/mol. The maximum absolute atomic E-state index is 11.5. The summed E-state index contributed by atoms with van der Waals surface area (Å²) < 4.78 is 9.91. The van der Waals surface area contributed by atoms with E-state index >= 15 is 0 Å². The van der Waals surface area contributed by atoms with Gasteiger partial charge >= 0.3 is 11.9 Å². The molecular formula is C26H20O4. The summed E-state index contributed by atoms with van der Waals surface area (Å²) in [7, 11) is 0. The van der Waals surface area contributed by atoms with Gasteiger partial charge in [0, 0.05) is 12.2 Å². The van der Waals surface area contributed by atoms with Crippen LogP contribution in [0.1, 0.15) is 11.1 Å². The molecule has 148 valence electrons. The molecule has 0 aliphatic heterocycles. The lowest BCUT2D eigenvalue weighted by Crippen LogP contribution is -2.00. The van der Waals surface area contributed by atoms with Crippen LogP contribution in [0.3, 0.4) is 0 Å². The number of carbonyl (C=O) groups is 2. The molecule has 0 N–H and O–H groups in total. The first-order chi connectivity index (χ1) is 14.7. The molecule has 0 radical (unpaired) electrons. The van der Waals surface area contributed by atoms with E-state index in [1.54, 1.807) is 12.2 Å². The molecule has 4 nitrogen and oxygen atoms in total. The molecule has 0 heterocycles. The SMILES string of the molecule is O=C(/C=C/c1ccccc1)OCC#C/C=C\C#CCOC(=O)/C=C/c1ccccc1. The van der Waals surface area contributed by atoms with Crippen molar-refractivity contribution in [2.45, 2.75) is 0 Å². The average molecular weight is 396 g/mol. The largest absolute Gasteiger partial charge is 0.449 e. The lowest BCUT2D eigenvalue weighted by molar-refractivity contribution is -0.137. The van der Waals surface area contributed by atoms with Crippen molar-refractivity contribution in [1.29, 1.82) is 0 Å². The van der Waals surface area contributed by atoms with Gasteiger partial charge < -0.3 is 9.47 Å². The third-order valence-electron chi connectivity index (χ3n) is 3.45. The molecule has 0 bridgehead atoms. The van der Waals surface area contributed by atoms with E-state index in [4.69, 9.17) is 9.47 Å². The first kappa shape index (κ1) is 22.0. The Hall–Kier alpha value is -4.28. The van der Waals surface area contributed by atoms with Gasteiger partial charge in [-0.1, -0.05) is 84.3 Å². The summed E-state index contributed by atoms with van der Waals surface area (Å²) in [4.78, 5) is 23.1. The maximum Gasteiger partial charge on any atom is 0.331 e. The van der Waals surface area contributed by atoms with Gasteiger partial charge in [-0.3, -0.25) is 0 Å². The lowest BCUT2D eigenvalue weighted by atomic mass is 10.2. The maximum atomic E-state index is 11.5. The van der Waals surface area contributed by atoms with Crippen LogP contribution in [0, 0.1) is 23.7 Å². The Kier molecular flexibility index (Phi) is 10.1. The second-order valence-corrected chi connectivity index (χ2v) is 5.68. The van der Waals surface area contributed by atoms with Crippen molar-refractivity contribution in [3.05, 3.63) is 96.1 Å². The van der Waals surface area contributed by atoms with Gasteiger partial charge in [-0.25, -0.2) is 9.59 Å². The highest BCUT2D eigenvalue weighted by molar-refractivity contribution is 5.87. The number of carbonyl (C=O) groups excluding carboxylic acids is 2. The van der Waals surface area contributed by atoms with Gasteiger partial charge in [0.25, 0.3) is 0 Å². The Bertz CT molecular complexity index is 939. The molecule has 0 unspecified atom stereocenters. The summed E-state index contributed by atoms with van der Waals surface area (Å²) in [6.07, 6.45) is 9.12. The zero-order valence-electron chi connectivity index (χ0n) is 16.3. The molecule has 2 aromatic rings. The lowest BCUT2D eigenvalue weighted by Gasteiger charge is -1.94. The number of benzene rings is 2. The third-order valence-corrected chi connectivity index (χ3v) is 3.45. The minimum atomic E-state index is -0.458. The van der Waals surface area contributed by atoms with Crippen molar-refractivity contribution in [3.63, 3.8) is 0 Å². The number of hydrogen-bond acceptors (Lipinski definition) is 4. The van der Waals surface area contributed by atoms with Gasteiger partial charge in [0.05, 0.1) is 0 Å². The number of ether oxygens (including phenoxy) is 2. The van der Waals surface area contributed by atoms with Crippen LogP contribution in [0.2, 0.25) is 0 Å². The molecule has 0 atom stereocenters. The van der Waals surface area contributed by atoms with Crippen LogP contribution in [-0.4, -0.2) is 25.2 Å². The molecule has 0 aliphatic carbocycles. The second kappa shape index (κ2) is 13.8. The van der Waals surface area contributed by atoms with Crippen LogP contribution < -0.4 is 0 Å². The van der Waals surface area contributed by atoms with Gasteiger partial charge in [0.1, 0.15) is 0 Å². The average Bonchev–Trinajstić information content (AvgIpc) is 2.79. The number of hydrogen-bond donors (Lipinski definition) is 0. The van der Waals surface area contributed by atoms with E-state index in [2.05, 4.69) is 23.7 Å². The van der Waals surface area contributed by atoms with Crippen LogP contribution in [0.4, 0.5) is 0 Å². The molecule has 0 saturated heterocycles. The topological polar surface area (TPSA) is 52.6 Å². The highest BCUT2D eigenvalue weighted by atomic mass is 16.5. The molecule has 0 spiro atoms. The minimum Gasteiger partial charge on any atom is -0.449 e. The van der Waals surface area contributed by atoms with E-state index < -0.39 is 11.9 Å². The zero-order valence-corrected chi connectivity index (χ0v) is 16.3. The number of allylic oxidation sites excluding steroid dienone is 2. The standard InChI is InChI=1S/C26H20O4/c27-25(19-17-23-13-7-5-8-14-23)29-21-11-3-1-2-4-12-22-30-26(28)20-18-24-15-9-6-10-16-24/h1-2,5-10,13-20H,21-22H2/b2-1-,19-17+,20-18+. The quantitative estimate of drug-likeness (QED) is 0.420. The van der Waals surface area contributed by atoms with Crippen molar-refractivity contribution in [3.8, 4) is 23.7 Å². The van der Waals surface area contributed by atoms with Gasteiger partial charge in [-0.15, -0.1) is 0 Å². The van der Waals surface area contributed by atoms with Gasteiger partial charge in [-0.2, -0.15) is 0 Å². The Morgan fingerprint density at radius 2 is 1.07 bits per heavy atom. The van der Waals surface area contributed by atoms with E-state index in [0.717, 1.165) is 11.1 Å². The van der Waals surface area contributed by atoms with Gasteiger partial charge in [0.2, 0.25) is 0 Å². The van der Waals surface area contributed by atoms with E-state index in [1.807, 2.05) is 60.7 Å². The van der Waals surface area contributed by atoms with Crippen molar-refractivity contribution in [1.82, 2.24) is 0 Å². The number of rotatable bonds is 6. The van der Waals surface area contributed by atoms with Crippen molar-refractivity contribution in [2.24, 2.45) is 0 Å². The molecule has 30 heavy (non-hydrogen) atoms. The highest BCUT2D eigenvalue weighted by Crippen LogP contribution is 2.01. The Morgan fingerprint density at radius 1 is 0.667 bits per heavy atom. The summed E-state index contributed by atoms with van der Waals surface area (Å²) in [6.45, 7) is -0.0256. The fourth-order valence-corrected chi connectivity index (χ4v) is 2.05. The highest BCUT2D eigenvalue weighted by Gasteiger charge is 1.94. The van der Waals surface area contributed by atoms with E-state index in [9.17, 15) is 9.59 Å². The smallest absolute Gasteiger partial charge is 0.331 e. The summed E-state index contributed by atoms with van der Waals surface area (Å²) in [5.74, 6) is 9.84. The molecule has 0 saturated carbocycles. The van der Waals surface area contributed by atoms with Crippen molar-refractivity contribution in [2.75, 3.05) is 13.2 Å². The first-order valence-corrected chi connectivity index (χ1v) is 9.15. The van der Waals surface area contributed by atoms with Gasteiger partial charge in [0.15, 0.2) is 13.2 Å². The van der Waals surface area contributed by atoms with E-state index in [1.165, 1.54) is 24.3 Å². The Labute approximate surface area is 176 Å². The Morgan fingerprint density at radius 3 is 1.47 bits per heavy atom. The normalized spacial score (nSPS) is 10.3. The van der Waals surface area contributed by atoms with Crippen LogP contribution in [-0.2, 0) is 19.1 Å². The molecule has 0 fully saturated rings. The molecule has 4 heteroatoms. The first-order valence-electron chi connectivity index (χ1n) is 9.15. The predicted molar refractivity (Wildman–Crippen MR) is 118 cm³/mol. The van der Waals surface area contributed by atoms with Crippen LogP contribution in [0.25, 0.3) is 12.2 Å². The van der Waals surface area contributed by atoms with E-state index in [0.29, 0.717) is 0 Å². The number of esters is 2. The summed E-state index contributed by atoms with van der Waals surface area (Å²) in [5.41, 5.74) is 1.83. The van der Waals surface area contributed by atoms with Crippen molar-refractivity contribution >= 4 is 24.1 Å². The summed E-state index contributed by atoms with van der Waals surface area (Å²) >= 11 is 0. The third kappa shape index (κ3) is 10.2. The van der Waals surface area contributed by atoms with Crippen molar-refractivity contribution < 1.29 is 19.1 Å². The summed E-state index contributed by atoms with van der Waals surface area (Å²) in [5, 5.41) is 0. The molecule has 0 aromatic heterocycles. The molecule has 0 aliphatic rings. The zero-order chi connectivity index (χ0) is 21.3. The van der Waals surface area contributed by atoms with Gasteiger partial charge in [-0.05, 0) is 35.4 Å². The Balaban J connectivity index is 1.60. The summed E-state index contributed by atoms with van der Waals surface area (Å²) in [6, 6.07) is 18.9. The predicted octanol–water partition coefficient (Wildman–Crippen LogP) is 4.06. The molecule has 2 rings (SSSR count). The molecule has 2 aromatic carbocycles. The minimum absolute atomic E-state index is 0.0128. The van der Waals surface area contributed by atoms with Crippen LogP contribution >= 0.6 is 0 Å². The van der Waals surface area contributed by atoms with Crippen LogP contribution in [0.5, 0.6) is 0 Å². The fraction of sp³-hybridized carbons (Fsp3) is 0.0769. The van der Waals surface area contributed by atoms with E-state index in [-0.39, 0.29) is 13.2 Å².